The van der Waals surface area contributed by atoms with Crippen LogP contribution in [0, 0.1) is 0 Å². The molecule has 0 fully saturated rings. The highest BCUT2D eigenvalue weighted by atomic mass is 35.5. The lowest BCUT2D eigenvalue weighted by atomic mass is 10.2. The van der Waals surface area contributed by atoms with E-state index in [1.165, 1.54) is 17.4 Å². The van der Waals surface area contributed by atoms with Gasteiger partial charge >= 0.3 is 5.97 Å². The zero-order valence-electron chi connectivity index (χ0n) is 13.5. The number of carboxylic acids is 1. The molecule has 0 aliphatic heterocycles. The van der Waals surface area contributed by atoms with Crippen molar-refractivity contribution >= 4 is 40.9 Å². The molecule has 0 bridgehead atoms. The van der Waals surface area contributed by atoms with Crippen LogP contribution in [0.15, 0.2) is 72.4 Å². The number of aliphatic carboxylic acids is 1. The average Bonchev–Trinajstić information content (AvgIpc) is 3.10. The Bertz CT molecular complexity index is 979. The monoisotopic (exact) mass is 383 g/mol. The molecule has 1 amide bonds. The Morgan fingerprint density at radius 2 is 1.65 bits per heavy atom. The average molecular weight is 384 g/mol. The molecule has 0 saturated heterocycles. The van der Waals surface area contributed by atoms with Crippen molar-refractivity contribution in [2.75, 3.05) is 0 Å². The molecular weight excluding hydrogens is 370 g/mol. The summed E-state index contributed by atoms with van der Waals surface area (Å²) in [5, 5.41) is 12.5. The number of halogens is 1. The number of hydrogen-bond donors (Lipinski definition) is 2. The number of amides is 1. The molecule has 1 heterocycles. The normalized spacial score (nSPS) is 11.2. The lowest BCUT2D eigenvalue weighted by molar-refractivity contribution is -0.132. The van der Waals surface area contributed by atoms with Gasteiger partial charge in [0.15, 0.2) is 0 Å². The molecule has 6 heteroatoms. The molecule has 130 valence electrons. The fourth-order valence-electron chi connectivity index (χ4n) is 2.31. The molecule has 0 spiro atoms. The maximum atomic E-state index is 12.2. The first-order valence-corrected chi connectivity index (χ1v) is 8.90. The standard InChI is InChI=1S/C20H14ClNO3S/c21-16-9-5-4-8-15(16)18-11-10-14(26-18)12-17(20(24)25)22-19(23)13-6-2-1-3-7-13/h1-12H,(H,22,23)(H,24,25)/b17-12+. The molecule has 2 aromatic carbocycles. The molecule has 0 saturated carbocycles. The van der Waals surface area contributed by atoms with Gasteiger partial charge in [0, 0.05) is 25.9 Å². The van der Waals surface area contributed by atoms with Gasteiger partial charge in [-0.3, -0.25) is 4.79 Å². The van der Waals surface area contributed by atoms with Gasteiger partial charge in [-0.25, -0.2) is 4.79 Å². The Balaban J connectivity index is 1.85. The van der Waals surface area contributed by atoms with Crippen LogP contribution in [0.5, 0.6) is 0 Å². The molecule has 0 unspecified atom stereocenters. The number of benzene rings is 2. The first-order valence-electron chi connectivity index (χ1n) is 7.71. The number of hydrogen-bond acceptors (Lipinski definition) is 3. The molecule has 2 N–H and O–H groups in total. The van der Waals surface area contributed by atoms with Gasteiger partial charge in [0.25, 0.3) is 5.91 Å². The van der Waals surface area contributed by atoms with Crippen LogP contribution in [0.4, 0.5) is 0 Å². The van der Waals surface area contributed by atoms with Crippen LogP contribution in [-0.2, 0) is 4.79 Å². The molecule has 1 aromatic heterocycles. The highest BCUT2D eigenvalue weighted by molar-refractivity contribution is 7.16. The molecule has 3 rings (SSSR count). The highest BCUT2D eigenvalue weighted by Crippen LogP contribution is 2.33. The molecule has 0 radical (unpaired) electrons. The molecule has 26 heavy (non-hydrogen) atoms. The first-order chi connectivity index (χ1) is 12.5. The van der Waals surface area contributed by atoms with E-state index in [2.05, 4.69) is 5.32 Å². The van der Waals surface area contributed by atoms with Crippen LogP contribution in [0.3, 0.4) is 0 Å². The molecule has 3 aromatic rings. The molecule has 4 nitrogen and oxygen atoms in total. The van der Waals surface area contributed by atoms with Gasteiger partial charge in [-0.15, -0.1) is 11.3 Å². The molecule has 0 atom stereocenters. The van der Waals surface area contributed by atoms with Crippen LogP contribution in [0.1, 0.15) is 15.2 Å². The van der Waals surface area contributed by atoms with Crippen LogP contribution >= 0.6 is 22.9 Å². The number of rotatable bonds is 5. The summed E-state index contributed by atoms with van der Waals surface area (Å²) < 4.78 is 0. The summed E-state index contributed by atoms with van der Waals surface area (Å²) in [6, 6.07) is 19.6. The Labute approximate surface area is 159 Å². The minimum absolute atomic E-state index is 0.189. The maximum Gasteiger partial charge on any atom is 0.352 e. The lowest BCUT2D eigenvalue weighted by Crippen LogP contribution is -2.27. The Morgan fingerprint density at radius 1 is 0.962 bits per heavy atom. The van der Waals surface area contributed by atoms with Crippen LogP contribution in [-0.4, -0.2) is 17.0 Å². The smallest absolute Gasteiger partial charge is 0.352 e. The third-order valence-corrected chi connectivity index (χ3v) is 4.96. The lowest BCUT2D eigenvalue weighted by Gasteiger charge is -2.05. The van der Waals surface area contributed by atoms with E-state index in [0.29, 0.717) is 15.5 Å². The van der Waals surface area contributed by atoms with Crippen LogP contribution < -0.4 is 5.32 Å². The summed E-state index contributed by atoms with van der Waals surface area (Å²) >= 11 is 7.59. The number of carboxylic acid groups (broad SMARTS) is 1. The predicted octanol–water partition coefficient (Wildman–Crippen LogP) is 4.92. The van der Waals surface area contributed by atoms with Crippen molar-refractivity contribution < 1.29 is 14.7 Å². The van der Waals surface area contributed by atoms with Gasteiger partial charge < -0.3 is 10.4 Å². The van der Waals surface area contributed by atoms with Crippen molar-refractivity contribution in [2.24, 2.45) is 0 Å². The minimum Gasteiger partial charge on any atom is -0.477 e. The largest absolute Gasteiger partial charge is 0.477 e. The van der Waals surface area contributed by atoms with E-state index in [0.717, 1.165) is 10.4 Å². The van der Waals surface area contributed by atoms with Gasteiger partial charge in [-0.1, -0.05) is 48.0 Å². The van der Waals surface area contributed by atoms with Crippen LogP contribution in [0.2, 0.25) is 5.02 Å². The highest BCUT2D eigenvalue weighted by Gasteiger charge is 2.14. The second kappa shape index (κ2) is 7.99. The van der Waals surface area contributed by atoms with Crippen molar-refractivity contribution in [3.8, 4) is 10.4 Å². The van der Waals surface area contributed by atoms with Gasteiger partial charge in [0.05, 0.1) is 0 Å². The minimum atomic E-state index is -1.21. The van der Waals surface area contributed by atoms with E-state index < -0.39 is 11.9 Å². The van der Waals surface area contributed by atoms with E-state index >= 15 is 0 Å². The third-order valence-electron chi connectivity index (χ3n) is 3.57. The number of nitrogens with one attached hydrogen (secondary N) is 1. The van der Waals surface area contributed by atoms with E-state index in [1.54, 1.807) is 42.5 Å². The fourth-order valence-corrected chi connectivity index (χ4v) is 3.60. The van der Waals surface area contributed by atoms with Crippen LogP contribution in [0.25, 0.3) is 16.5 Å². The second-order valence-electron chi connectivity index (χ2n) is 5.37. The Morgan fingerprint density at radius 3 is 2.35 bits per heavy atom. The predicted molar refractivity (Wildman–Crippen MR) is 104 cm³/mol. The first kappa shape index (κ1) is 17.9. The number of carbonyl (C=O) groups excluding carboxylic acids is 1. The fraction of sp³-hybridized carbons (Fsp3) is 0. The maximum absolute atomic E-state index is 12.2. The summed E-state index contributed by atoms with van der Waals surface area (Å²) in [7, 11) is 0. The summed E-state index contributed by atoms with van der Waals surface area (Å²) in [6.45, 7) is 0. The number of carbonyl (C=O) groups is 2. The molecular formula is C20H14ClNO3S. The Kier molecular flexibility index (Phi) is 5.51. The Hall–Kier alpha value is -2.89. The van der Waals surface area contributed by atoms with Crippen molar-refractivity contribution in [2.45, 2.75) is 0 Å². The summed E-state index contributed by atoms with van der Waals surface area (Å²) in [6.07, 6.45) is 1.44. The van der Waals surface area contributed by atoms with Crippen molar-refractivity contribution in [3.05, 3.63) is 87.9 Å². The summed E-state index contributed by atoms with van der Waals surface area (Å²) in [4.78, 5) is 25.3. The second-order valence-corrected chi connectivity index (χ2v) is 6.89. The van der Waals surface area contributed by atoms with Crippen molar-refractivity contribution in [1.82, 2.24) is 5.32 Å². The zero-order valence-corrected chi connectivity index (χ0v) is 15.1. The van der Waals surface area contributed by atoms with Gasteiger partial charge in [0.1, 0.15) is 5.70 Å². The third kappa shape index (κ3) is 4.20. The van der Waals surface area contributed by atoms with Crippen molar-refractivity contribution in [3.63, 3.8) is 0 Å². The quantitative estimate of drug-likeness (QED) is 0.614. The summed E-state index contributed by atoms with van der Waals surface area (Å²) in [5.41, 5.74) is 1.08. The van der Waals surface area contributed by atoms with E-state index in [1.807, 2.05) is 24.3 Å². The van der Waals surface area contributed by atoms with Gasteiger partial charge in [-0.05, 0) is 36.4 Å². The van der Waals surface area contributed by atoms with E-state index in [4.69, 9.17) is 11.6 Å². The van der Waals surface area contributed by atoms with Gasteiger partial charge in [-0.2, -0.15) is 0 Å². The zero-order chi connectivity index (χ0) is 18.5. The molecule has 0 aliphatic rings. The summed E-state index contributed by atoms with van der Waals surface area (Å²) in [5.74, 6) is -1.68. The van der Waals surface area contributed by atoms with E-state index in [-0.39, 0.29) is 5.70 Å². The topological polar surface area (TPSA) is 66.4 Å². The molecule has 0 aliphatic carbocycles. The van der Waals surface area contributed by atoms with Gasteiger partial charge in [0.2, 0.25) is 0 Å². The van der Waals surface area contributed by atoms with Crippen molar-refractivity contribution in [1.29, 1.82) is 0 Å². The number of thiophene rings is 1. The van der Waals surface area contributed by atoms with E-state index in [9.17, 15) is 14.7 Å². The SMILES string of the molecule is O=C(O)/C(=C\c1ccc(-c2ccccc2Cl)s1)NC(=O)c1ccccc1.